The van der Waals surface area contributed by atoms with Crippen LogP contribution in [-0.4, -0.2) is 14.3 Å². The van der Waals surface area contributed by atoms with Gasteiger partial charge in [0.2, 0.25) is 0 Å². The van der Waals surface area contributed by atoms with Gasteiger partial charge in [0, 0.05) is 23.6 Å². The fourth-order valence-electron chi connectivity index (χ4n) is 2.64. The number of nitriles is 1. The molecule has 5 heteroatoms. The minimum absolute atomic E-state index is 0.713. The summed E-state index contributed by atoms with van der Waals surface area (Å²) >= 11 is 3.63. The number of aryl methyl sites for hydroxylation is 2. The van der Waals surface area contributed by atoms with Gasteiger partial charge in [-0.3, -0.25) is 4.68 Å². The second kappa shape index (κ2) is 5.38. The number of benzene rings is 1. The van der Waals surface area contributed by atoms with Gasteiger partial charge in [0.25, 0.3) is 0 Å². The Morgan fingerprint density at radius 2 is 2.14 bits per heavy atom. The van der Waals surface area contributed by atoms with E-state index in [1.54, 1.807) is 0 Å². The van der Waals surface area contributed by atoms with Crippen LogP contribution in [0.2, 0.25) is 0 Å². The summed E-state index contributed by atoms with van der Waals surface area (Å²) in [4.78, 5) is 0. The molecule has 0 spiro atoms. The molecule has 0 bridgehead atoms. The van der Waals surface area contributed by atoms with Gasteiger partial charge in [-0.2, -0.15) is 10.4 Å². The van der Waals surface area contributed by atoms with Crippen molar-refractivity contribution in [1.82, 2.24) is 14.3 Å². The Morgan fingerprint density at radius 1 is 1.33 bits per heavy atom. The molecule has 0 amide bonds. The van der Waals surface area contributed by atoms with Crippen LogP contribution < -0.4 is 0 Å². The van der Waals surface area contributed by atoms with E-state index in [0.29, 0.717) is 5.56 Å². The van der Waals surface area contributed by atoms with Crippen LogP contribution in [0.25, 0.3) is 10.9 Å². The van der Waals surface area contributed by atoms with E-state index >= 15 is 0 Å². The molecule has 0 fully saturated rings. The lowest BCUT2D eigenvalue weighted by Gasteiger charge is -2.08. The SMILES string of the molecule is CCn1nc(C)c(Br)c1Cn1ccc2c(C#N)cccc21. The van der Waals surface area contributed by atoms with E-state index in [4.69, 9.17) is 0 Å². The fourth-order valence-corrected chi connectivity index (χ4v) is 3.05. The molecule has 2 aromatic heterocycles. The van der Waals surface area contributed by atoms with Crippen LogP contribution in [0.15, 0.2) is 34.9 Å². The highest BCUT2D eigenvalue weighted by molar-refractivity contribution is 9.10. The Balaban J connectivity index is 2.10. The largest absolute Gasteiger partial charge is 0.341 e. The third-order valence-electron chi connectivity index (χ3n) is 3.71. The number of fused-ring (bicyclic) bond motifs is 1. The Hall–Kier alpha value is -2.06. The molecule has 0 atom stereocenters. The molecular weight excluding hydrogens is 328 g/mol. The molecule has 0 saturated carbocycles. The lowest BCUT2D eigenvalue weighted by molar-refractivity contribution is 0.601. The van der Waals surface area contributed by atoms with E-state index in [1.165, 1.54) is 0 Å². The van der Waals surface area contributed by atoms with Gasteiger partial charge in [0.1, 0.15) is 0 Å². The van der Waals surface area contributed by atoms with Gasteiger partial charge in [-0.05, 0) is 48.0 Å². The Morgan fingerprint density at radius 3 is 2.86 bits per heavy atom. The zero-order valence-electron chi connectivity index (χ0n) is 12.0. The van der Waals surface area contributed by atoms with Crippen molar-refractivity contribution in [3.8, 4) is 6.07 Å². The first-order valence-electron chi connectivity index (χ1n) is 6.85. The van der Waals surface area contributed by atoms with Gasteiger partial charge in [0.05, 0.1) is 34.0 Å². The average Bonchev–Trinajstić information content (AvgIpc) is 3.03. The van der Waals surface area contributed by atoms with Gasteiger partial charge >= 0.3 is 0 Å². The monoisotopic (exact) mass is 342 g/mol. The van der Waals surface area contributed by atoms with Crippen molar-refractivity contribution in [1.29, 1.82) is 5.26 Å². The van der Waals surface area contributed by atoms with Crippen LogP contribution in [0.3, 0.4) is 0 Å². The predicted molar refractivity (Wildman–Crippen MR) is 86.1 cm³/mol. The van der Waals surface area contributed by atoms with E-state index in [2.05, 4.69) is 38.6 Å². The predicted octanol–water partition coefficient (Wildman–Crippen LogP) is 3.85. The van der Waals surface area contributed by atoms with Crippen molar-refractivity contribution in [2.45, 2.75) is 26.9 Å². The zero-order valence-corrected chi connectivity index (χ0v) is 13.6. The van der Waals surface area contributed by atoms with E-state index in [9.17, 15) is 5.26 Å². The van der Waals surface area contributed by atoms with Gasteiger partial charge < -0.3 is 4.57 Å². The molecule has 0 aliphatic carbocycles. The molecule has 4 nitrogen and oxygen atoms in total. The normalized spacial score (nSPS) is 11.0. The summed E-state index contributed by atoms with van der Waals surface area (Å²) in [6, 6.07) is 10.1. The first-order valence-corrected chi connectivity index (χ1v) is 7.64. The third kappa shape index (κ3) is 2.26. The smallest absolute Gasteiger partial charge is 0.0998 e. The summed E-state index contributed by atoms with van der Waals surface area (Å²) in [5, 5.41) is 14.7. The van der Waals surface area contributed by atoms with Gasteiger partial charge in [0.15, 0.2) is 0 Å². The molecule has 0 aliphatic heterocycles. The van der Waals surface area contributed by atoms with Crippen LogP contribution in [0.1, 0.15) is 23.9 Å². The lowest BCUT2D eigenvalue weighted by Crippen LogP contribution is -2.07. The van der Waals surface area contributed by atoms with Crippen LogP contribution in [-0.2, 0) is 13.1 Å². The molecule has 106 valence electrons. The molecule has 0 radical (unpaired) electrons. The van der Waals surface area contributed by atoms with E-state index < -0.39 is 0 Å². The summed E-state index contributed by atoms with van der Waals surface area (Å²) in [6.07, 6.45) is 2.03. The van der Waals surface area contributed by atoms with Crippen molar-refractivity contribution in [2.75, 3.05) is 0 Å². The van der Waals surface area contributed by atoms with Crippen LogP contribution in [0.5, 0.6) is 0 Å². The molecule has 0 saturated heterocycles. The molecule has 3 rings (SSSR count). The first kappa shape index (κ1) is 13.9. The minimum atomic E-state index is 0.713. The van der Waals surface area contributed by atoms with E-state index in [1.807, 2.05) is 42.1 Å². The minimum Gasteiger partial charge on any atom is -0.341 e. The first-order chi connectivity index (χ1) is 10.2. The van der Waals surface area contributed by atoms with Crippen molar-refractivity contribution >= 4 is 26.8 Å². The Labute approximate surface area is 131 Å². The molecule has 0 N–H and O–H groups in total. The maximum atomic E-state index is 9.18. The highest BCUT2D eigenvalue weighted by Gasteiger charge is 2.14. The van der Waals surface area contributed by atoms with Gasteiger partial charge in [-0.25, -0.2) is 0 Å². The zero-order chi connectivity index (χ0) is 15.0. The van der Waals surface area contributed by atoms with Crippen LogP contribution in [0, 0.1) is 18.3 Å². The lowest BCUT2D eigenvalue weighted by atomic mass is 10.1. The van der Waals surface area contributed by atoms with Crippen molar-refractivity contribution in [3.63, 3.8) is 0 Å². The molecule has 2 heterocycles. The second-order valence-electron chi connectivity index (χ2n) is 4.96. The number of hydrogen-bond donors (Lipinski definition) is 0. The van der Waals surface area contributed by atoms with Crippen LogP contribution >= 0.6 is 15.9 Å². The van der Waals surface area contributed by atoms with Gasteiger partial charge in [-0.1, -0.05) is 6.07 Å². The second-order valence-corrected chi connectivity index (χ2v) is 5.75. The Kier molecular flexibility index (Phi) is 3.56. The standard InChI is InChI=1S/C16H15BrN4/c1-3-21-15(16(17)11(2)19-21)10-20-8-7-13-12(9-18)5-4-6-14(13)20/h4-8H,3,10H2,1-2H3. The van der Waals surface area contributed by atoms with Crippen molar-refractivity contribution < 1.29 is 0 Å². The summed E-state index contributed by atoms with van der Waals surface area (Å²) in [5.41, 5.74) is 3.93. The summed E-state index contributed by atoms with van der Waals surface area (Å²) in [6.45, 7) is 5.66. The van der Waals surface area contributed by atoms with Crippen molar-refractivity contribution in [2.24, 2.45) is 0 Å². The maximum absolute atomic E-state index is 9.18. The third-order valence-corrected chi connectivity index (χ3v) is 4.74. The highest BCUT2D eigenvalue weighted by atomic mass is 79.9. The Bertz CT molecular complexity index is 851. The summed E-state index contributed by atoms with van der Waals surface area (Å²) < 4.78 is 5.23. The van der Waals surface area contributed by atoms with E-state index in [0.717, 1.165) is 39.9 Å². The number of hydrogen-bond acceptors (Lipinski definition) is 2. The quantitative estimate of drug-likeness (QED) is 0.725. The summed E-state index contributed by atoms with van der Waals surface area (Å²) in [7, 11) is 0. The fraction of sp³-hybridized carbons (Fsp3) is 0.250. The van der Waals surface area contributed by atoms with Crippen molar-refractivity contribution in [3.05, 3.63) is 51.9 Å². The molecular formula is C16H15BrN4. The molecule has 0 aliphatic rings. The van der Waals surface area contributed by atoms with Crippen LogP contribution in [0.4, 0.5) is 0 Å². The number of nitrogens with zero attached hydrogens (tertiary/aromatic N) is 4. The summed E-state index contributed by atoms with van der Waals surface area (Å²) in [5.74, 6) is 0. The maximum Gasteiger partial charge on any atom is 0.0998 e. The molecule has 21 heavy (non-hydrogen) atoms. The van der Waals surface area contributed by atoms with E-state index in [-0.39, 0.29) is 0 Å². The number of rotatable bonds is 3. The molecule has 0 unspecified atom stereocenters. The van der Waals surface area contributed by atoms with Gasteiger partial charge in [-0.15, -0.1) is 0 Å². The highest BCUT2D eigenvalue weighted by Crippen LogP contribution is 2.25. The number of aromatic nitrogens is 3. The average molecular weight is 343 g/mol. The topological polar surface area (TPSA) is 46.5 Å². The molecule has 3 aromatic rings. The number of halogens is 1. The molecule has 1 aromatic carbocycles.